The van der Waals surface area contributed by atoms with Crippen molar-refractivity contribution in [2.24, 2.45) is 0 Å². The zero-order chi connectivity index (χ0) is 14.7. The summed E-state index contributed by atoms with van der Waals surface area (Å²) >= 11 is 0. The number of carbonyl (C=O) groups excluding carboxylic acids is 1. The first-order valence-electron chi connectivity index (χ1n) is 6.78. The lowest BCUT2D eigenvalue weighted by atomic mass is 10.1. The van der Waals surface area contributed by atoms with Crippen LogP contribution in [0.3, 0.4) is 0 Å². The number of rotatable bonds is 6. The maximum absolute atomic E-state index is 12.0. The second-order valence-corrected chi connectivity index (χ2v) is 5.40. The molecule has 0 spiro atoms. The van der Waals surface area contributed by atoms with E-state index in [9.17, 15) is 9.59 Å². The molecule has 108 valence electrons. The van der Waals surface area contributed by atoms with E-state index in [4.69, 9.17) is 5.11 Å². The van der Waals surface area contributed by atoms with Crippen LogP contribution in [0.25, 0.3) is 0 Å². The van der Waals surface area contributed by atoms with Crippen molar-refractivity contribution in [2.45, 2.75) is 32.7 Å². The van der Waals surface area contributed by atoms with Crippen LogP contribution in [-0.4, -0.2) is 41.0 Å². The zero-order valence-corrected chi connectivity index (χ0v) is 11.8. The molecule has 1 fully saturated rings. The molecular formula is C15H20N2O3. The standard InChI is InChI=1S/C15H20N2O3/c1-10-3-6-13(11(2)7-10)16-14(18)8-17(9-15(19)20)12-4-5-12/h3,6-7,12H,4-5,8-9H2,1-2H3,(H,16,18)(H,19,20). The summed E-state index contributed by atoms with van der Waals surface area (Å²) in [7, 11) is 0. The van der Waals surface area contributed by atoms with E-state index in [2.05, 4.69) is 5.32 Å². The van der Waals surface area contributed by atoms with Gasteiger partial charge in [0, 0.05) is 11.7 Å². The molecule has 0 heterocycles. The van der Waals surface area contributed by atoms with Crippen LogP contribution in [-0.2, 0) is 9.59 Å². The number of aryl methyl sites for hydroxylation is 2. The molecule has 0 atom stereocenters. The Morgan fingerprint density at radius 2 is 2.00 bits per heavy atom. The largest absolute Gasteiger partial charge is 0.480 e. The molecule has 1 aliphatic carbocycles. The van der Waals surface area contributed by atoms with Gasteiger partial charge >= 0.3 is 5.97 Å². The van der Waals surface area contributed by atoms with Gasteiger partial charge in [0.15, 0.2) is 0 Å². The van der Waals surface area contributed by atoms with E-state index < -0.39 is 5.97 Å². The van der Waals surface area contributed by atoms with Crippen molar-refractivity contribution in [2.75, 3.05) is 18.4 Å². The minimum absolute atomic E-state index is 0.0784. The van der Waals surface area contributed by atoms with Gasteiger partial charge in [-0.1, -0.05) is 17.7 Å². The SMILES string of the molecule is Cc1ccc(NC(=O)CN(CC(=O)O)C2CC2)c(C)c1. The third kappa shape index (κ3) is 4.06. The Morgan fingerprint density at radius 3 is 2.55 bits per heavy atom. The molecule has 2 rings (SSSR count). The monoisotopic (exact) mass is 276 g/mol. The number of amides is 1. The number of hydrogen-bond acceptors (Lipinski definition) is 3. The van der Waals surface area contributed by atoms with Gasteiger partial charge in [0.05, 0.1) is 13.1 Å². The summed E-state index contributed by atoms with van der Waals surface area (Å²) in [4.78, 5) is 24.6. The molecule has 1 aliphatic rings. The number of carboxylic acids is 1. The quantitative estimate of drug-likeness (QED) is 0.831. The summed E-state index contributed by atoms with van der Waals surface area (Å²) in [5.74, 6) is -1.05. The average molecular weight is 276 g/mol. The van der Waals surface area contributed by atoms with Crippen LogP contribution in [0.5, 0.6) is 0 Å². The Labute approximate surface area is 118 Å². The van der Waals surface area contributed by atoms with Crippen molar-refractivity contribution in [1.29, 1.82) is 0 Å². The summed E-state index contributed by atoms with van der Waals surface area (Å²) in [6.07, 6.45) is 1.95. The molecule has 0 unspecified atom stereocenters. The molecule has 5 nitrogen and oxygen atoms in total. The highest BCUT2D eigenvalue weighted by Crippen LogP contribution is 2.26. The van der Waals surface area contributed by atoms with E-state index in [1.54, 1.807) is 4.90 Å². The van der Waals surface area contributed by atoms with Gasteiger partial charge in [-0.05, 0) is 38.3 Å². The van der Waals surface area contributed by atoms with Gasteiger partial charge in [0.2, 0.25) is 5.91 Å². The number of hydrogen-bond donors (Lipinski definition) is 2. The van der Waals surface area contributed by atoms with Crippen molar-refractivity contribution in [1.82, 2.24) is 4.90 Å². The molecule has 1 saturated carbocycles. The number of carbonyl (C=O) groups is 2. The van der Waals surface area contributed by atoms with E-state index in [-0.39, 0.29) is 25.0 Å². The highest BCUT2D eigenvalue weighted by atomic mass is 16.4. The van der Waals surface area contributed by atoms with Crippen molar-refractivity contribution in [3.63, 3.8) is 0 Å². The number of aliphatic carboxylic acids is 1. The summed E-state index contributed by atoms with van der Waals surface area (Å²) in [5.41, 5.74) is 2.94. The molecule has 20 heavy (non-hydrogen) atoms. The predicted octanol–water partition coefficient (Wildman–Crippen LogP) is 1.79. The molecule has 0 radical (unpaired) electrons. The summed E-state index contributed by atoms with van der Waals surface area (Å²) in [6, 6.07) is 6.07. The normalized spacial score (nSPS) is 14.3. The Hall–Kier alpha value is -1.88. The number of anilines is 1. The summed E-state index contributed by atoms with van der Waals surface area (Å²) in [5, 5.41) is 11.7. The smallest absolute Gasteiger partial charge is 0.317 e. The molecule has 1 amide bonds. The number of nitrogens with one attached hydrogen (secondary N) is 1. The second kappa shape index (κ2) is 6.05. The van der Waals surface area contributed by atoms with Crippen molar-refractivity contribution < 1.29 is 14.7 Å². The lowest BCUT2D eigenvalue weighted by Gasteiger charge is -2.19. The van der Waals surface area contributed by atoms with Crippen molar-refractivity contribution in [3.8, 4) is 0 Å². The van der Waals surface area contributed by atoms with E-state index in [0.717, 1.165) is 29.7 Å². The Bertz CT molecular complexity index is 524. The molecule has 0 saturated heterocycles. The maximum Gasteiger partial charge on any atom is 0.317 e. The predicted molar refractivity (Wildman–Crippen MR) is 76.8 cm³/mol. The molecule has 1 aromatic rings. The highest BCUT2D eigenvalue weighted by molar-refractivity contribution is 5.93. The first-order chi connectivity index (χ1) is 9.45. The number of benzene rings is 1. The van der Waals surface area contributed by atoms with Crippen molar-refractivity contribution >= 4 is 17.6 Å². The lowest BCUT2D eigenvalue weighted by Crippen LogP contribution is -2.38. The van der Waals surface area contributed by atoms with Crippen LogP contribution in [0.15, 0.2) is 18.2 Å². The third-order valence-corrected chi connectivity index (χ3v) is 3.40. The first-order valence-corrected chi connectivity index (χ1v) is 6.78. The molecule has 0 aliphatic heterocycles. The van der Waals surface area contributed by atoms with Gasteiger partial charge in [-0.3, -0.25) is 14.5 Å². The van der Waals surface area contributed by atoms with E-state index in [0.29, 0.717) is 0 Å². The van der Waals surface area contributed by atoms with Crippen molar-refractivity contribution in [3.05, 3.63) is 29.3 Å². The minimum Gasteiger partial charge on any atom is -0.480 e. The van der Waals surface area contributed by atoms with Gasteiger partial charge in [-0.2, -0.15) is 0 Å². The van der Waals surface area contributed by atoms with Gasteiger partial charge in [-0.25, -0.2) is 0 Å². The van der Waals surface area contributed by atoms with E-state index >= 15 is 0 Å². The fourth-order valence-electron chi connectivity index (χ4n) is 2.26. The molecular weight excluding hydrogens is 256 g/mol. The van der Waals surface area contributed by atoms with Crippen LogP contribution in [0.4, 0.5) is 5.69 Å². The van der Waals surface area contributed by atoms with Crippen LogP contribution < -0.4 is 5.32 Å². The maximum atomic E-state index is 12.0. The second-order valence-electron chi connectivity index (χ2n) is 5.40. The number of carboxylic acid groups (broad SMARTS) is 1. The fourth-order valence-corrected chi connectivity index (χ4v) is 2.26. The van der Waals surface area contributed by atoms with E-state index in [1.165, 1.54) is 0 Å². The Kier molecular flexibility index (Phi) is 4.39. The topological polar surface area (TPSA) is 69.6 Å². The zero-order valence-electron chi connectivity index (χ0n) is 11.8. The molecule has 0 aromatic heterocycles. The Balaban J connectivity index is 1.95. The summed E-state index contributed by atoms with van der Waals surface area (Å²) in [6.45, 7) is 3.99. The summed E-state index contributed by atoms with van der Waals surface area (Å²) < 4.78 is 0. The van der Waals surface area contributed by atoms with Crippen LogP contribution in [0, 0.1) is 13.8 Å². The molecule has 5 heteroatoms. The molecule has 1 aromatic carbocycles. The minimum atomic E-state index is -0.892. The van der Waals surface area contributed by atoms with Crippen LogP contribution in [0.2, 0.25) is 0 Å². The number of nitrogens with zero attached hydrogens (tertiary/aromatic N) is 1. The fraction of sp³-hybridized carbons (Fsp3) is 0.467. The van der Waals surface area contributed by atoms with Crippen LogP contribution in [0.1, 0.15) is 24.0 Å². The average Bonchev–Trinajstić information content (AvgIpc) is 3.15. The first kappa shape index (κ1) is 14.5. The third-order valence-electron chi connectivity index (χ3n) is 3.40. The Morgan fingerprint density at radius 1 is 1.30 bits per heavy atom. The lowest BCUT2D eigenvalue weighted by molar-refractivity contribution is -0.138. The highest BCUT2D eigenvalue weighted by Gasteiger charge is 2.31. The van der Waals surface area contributed by atoms with Gasteiger partial charge < -0.3 is 10.4 Å². The molecule has 2 N–H and O–H groups in total. The van der Waals surface area contributed by atoms with E-state index in [1.807, 2.05) is 32.0 Å². The van der Waals surface area contributed by atoms with Crippen LogP contribution >= 0.6 is 0 Å². The van der Waals surface area contributed by atoms with Gasteiger partial charge in [0.1, 0.15) is 0 Å². The van der Waals surface area contributed by atoms with Gasteiger partial charge in [0.25, 0.3) is 0 Å². The van der Waals surface area contributed by atoms with Gasteiger partial charge in [-0.15, -0.1) is 0 Å². The molecule has 0 bridgehead atoms.